The summed E-state index contributed by atoms with van der Waals surface area (Å²) < 4.78 is 68.1. The second kappa shape index (κ2) is 59.1. The lowest BCUT2D eigenvalue weighted by atomic mass is 10.0. The van der Waals surface area contributed by atoms with Crippen molar-refractivity contribution in [1.82, 2.24) is 0 Å². The molecule has 0 rings (SSSR count). The molecule has 0 bridgehead atoms. The van der Waals surface area contributed by atoms with Crippen LogP contribution in [-0.4, -0.2) is 96.7 Å². The van der Waals surface area contributed by atoms with Crippen molar-refractivity contribution in [2.24, 2.45) is 17.8 Å². The number of carbonyl (C=O) groups is 4. The minimum absolute atomic E-state index is 0.104. The molecule has 0 aromatic rings. The Hall–Kier alpha value is -1.94. The largest absolute Gasteiger partial charge is 0.472 e. The van der Waals surface area contributed by atoms with Gasteiger partial charge in [0.05, 0.1) is 26.4 Å². The highest BCUT2D eigenvalue weighted by Gasteiger charge is 2.30. The van der Waals surface area contributed by atoms with Crippen LogP contribution in [0.25, 0.3) is 0 Å². The van der Waals surface area contributed by atoms with Crippen LogP contribution in [0.5, 0.6) is 0 Å². The van der Waals surface area contributed by atoms with Gasteiger partial charge in [-0.15, -0.1) is 0 Å². The lowest BCUT2D eigenvalue weighted by Crippen LogP contribution is -2.30. The molecule has 0 aliphatic heterocycles. The van der Waals surface area contributed by atoms with E-state index in [1.807, 2.05) is 0 Å². The topological polar surface area (TPSA) is 237 Å². The van der Waals surface area contributed by atoms with Gasteiger partial charge in [-0.3, -0.25) is 37.3 Å². The maximum absolute atomic E-state index is 13.0. The van der Waals surface area contributed by atoms with Gasteiger partial charge in [-0.25, -0.2) is 9.13 Å². The van der Waals surface area contributed by atoms with Crippen LogP contribution < -0.4 is 0 Å². The van der Waals surface area contributed by atoms with Crippen molar-refractivity contribution in [3.05, 3.63) is 0 Å². The smallest absolute Gasteiger partial charge is 0.462 e. The highest BCUT2D eigenvalue weighted by Crippen LogP contribution is 2.45. The molecule has 0 amide bonds. The molecule has 0 aliphatic carbocycles. The molecule has 0 fully saturated rings. The normalized spacial score (nSPS) is 14.3. The first kappa shape index (κ1) is 85.1. The molecule has 17 nitrogen and oxygen atoms in total. The zero-order valence-corrected chi connectivity index (χ0v) is 58.3. The molecule has 0 aromatic carbocycles. The van der Waals surface area contributed by atoms with Crippen molar-refractivity contribution in [2.45, 2.75) is 356 Å². The number of ether oxygens (including phenoxy) is 4. The number of carbonyl (C=O) groups excluding carboxylic acids is 4. The summed E-state index contributed by atoms with van der Waals surface area (Å²) in [7, 11) is -9.89. The second-order valence-corrected chi connectivity index (χ2v) is 28.9. The predicted octanol–water partition coefficient (Wildman–Crippen LogP) is 19.1. The zero-order valence-electron chi connectivity index (χ0n) is 56.5. The Labute approximate surface area is 530 Å². The number of phosphoric acid groups is 2. The number of aliphatic hydroxyl groups excluding tert-OH is 1. The van der Waals surface area contributed by atoms with E-state index in [1.165, 1.54) is 141 Å². The summed E-state index contributed by atoms with van der Waals surface area (Å²) in [5, 5.41) is 10.6. The summed E-state index contributed by atoms with van der Waals surface area (Å²) >= 11 is 0. The van der Waals surface area contributed by atoms with Crippen LogP contribution in [0.4, 0.5) is 0 Å². The molecule has 0 heterocycles. The standard InChI is InChI=1S/C68H132O17P2/c1-8-9-10-11-12-28-35-42-49-65(70)78-55-63(85-68(73)52-45-38-31-24-23-27-34-41-48-61(6)7)57-82-86(74,75)80-53-62(69)54-81-87(76,77)83-58-64(56-79-66(71)50-43-36-29-22-18-20-26-33-40-47-60(4)5)84-67(72)51-44-37-30-21-17-15-13-14-16-19-25-32-39-46-59(2)3/h59-64,69H,8-58H2,1-7H3,(H,74,75)(H,76,77)/t62-,63+,64+/m0/s1. The fraction of sp³-hybridized carbons (Fsp3) is 0.941. The Morgan fingerprint density at radius 2 is 0.529 bits per heavy atom. The number of hydrogen-bond acceptors (Lipinski definition) is 15. The van der Waals surface area contributed by atoms with Crippen LogP contribution in [0.1, 0.15) is 337 Å². The third-order valence-corrected chi connectivity index (χ3v) is 17.5. The third-order valence-electron chi connectivity index (χ3n) is 15.6. The molecule has 0 spiro atoms. The molecule has 3 N–H and O–H groups in total. The van der Waals surface area contributed by atoms with E-state index in [0.717, 1.165) is 114 Å². The number of hydrogen-bond donors (Lipinski definition) is 3. The molecule has 2 unspecified atom stereocenters. The van der Waals surface area contributed by atoms with Gasteiger partial charge in [0, 0.05) is 25.7 Å². The first-order valence-corrected chi connectivity index (χ1v) is 38.3. The van der Waals surface area contributed by atoms with Crippen molar-refractivity contribution < 1.29 is 80.2 Å². The number of rotatable bonds is 66. The van der Waals surface area contributed by atoms with E-state index in [0.29, 0.717) is 25.7 Å². The van der Waals surface area contributed by atoms with Gasteiger partial charge in [0.1, 0.15) is 19.3 Å². The van der Waals surface area contributed by atoms with E-state index in [2.05, 4.69) is 48.5 Å². The van der Waals surface area contributed by atoms with Gasteiger partial charge < -0.3 is 33.8 Å². The van der Waals surface area contributed by atoms with Gasteiger partial charge >= 0.3 is 39.5 Å². The Kier molecular flexibility index (Phi) is 57.8. The van der Waals surface area contributed by atoms with Crippen LogP contribution in [0.15, 0.2) is 0 Å². The fourth-order valence-corrected chi connectivity index (χ4v) is 11.8. The highest BCUT2D eigenvalue weighted by atomic mass is 31.2. The minimum atomic E-state index is -4.95. The molecule has 516 valence electrons. The molecule has 0 saturated carbocycles. The molecule has 19 heteroatoms. The maximum atomic E-state index is 13.0. The SMILES string of the molecule is CCCCCCCCCCC(=O)OC[C@H](COP(=O)(O)OC[C@H](O)COP(=O)(O)OC[C@@H](COC(=O)CCCCCCCCCCCC(C)C)OC(=O)CCCCCCCCCCCCCCCC(C)C)OC(=O)CCCCCCCCCCC(C)C. The number of aliphatic hydroxyl groups is 1. The Bertz CT molecular complexity index is 1720. The fourth-order valence-electron chi connectivity index (χ4n) is 10.2. The first-order chi connectivity index (χ1) is 41.7. The number of phosphoric ester groups is 2. The Morgan fingerprint density at radius 3 is 0.782 bits per heavy atom. The molecule has 0 aromatic heterocycles. The van der Waals surface area contributed by atoms with E-state index >= 15 is 0 Å². The quantitative estimate of drug-likeness (QED) is 0.0222. The highest BCUT2D eigenvalue weighted by molar-refractivity contribution is 7.47. The zero-order chi connectivity index (χ0) is 64.5. The molecule has 0 aliphatic rings. The van der Waals surface area contributed by atoms with Crippen LogP contribution >= 0.6 is 15.6 Å². The van der Waals surface area contributed by atoms with Crippen molar-refractivity contribution in [3.8, 4) is 0 Å². The van der Waals surface area contributed by atoms with Gasteiger partial charge in [-0.2, -0.15) is 0 Å². The van der Waals surface area contributed by atoms with E-state index in [1.54, 1.807) is 0 Å². The molecule has 0 saturated heterocycles. The van der Waals surface area contributed by atoms with Gasteiger partial charge in [0.15, 0.2) is 12.2 Å². The summed E-state index contributed by atoms with van der Waals surface area (Å²) in [6, 6.07) is 0. The maximum Gasteiger partial charge on any atom is 0.472 e. The Morgan fingerprint density at radius 1 is 0.310 bits per heavy atom. The van der Waals surface area contributed by atoms with E-state index in [9.17, 15) is 43.2 Å². The van der Waals surface area contributed by atoms with E-state index in [-0.39, 0.29) is 25.7 Å². The van der Waals surface area contributed by atoms with Crippen LogP contribution in [0.3, 0.4) is 0 Å². The number of esters is 4. The average molecular weight is 1280 g/mol. The molecule has 5 atom stereocenters. The lowest BCUT2D eigenvalue weighted by molar-refractivity contribution is -0.161. The second-order valence-electron chi connectivity index (χ2n) is 26.0. The van der Waals surface area contributed by atoms with Crippen molar-refractivity contribution in [2.75, 3.05) is 39.6 Å². The van der Waals surface area contributed by atoms with Crippen molar-refractivity contribution >= 4 is 39.5 Å². The molecule has 87 heavy (non-hydrogen) atoms. The summed E-state index contributed by atoms with van der Waals surface area (Å²) in [6.45, 7) is 11.8. The first-order valence-electron chi connectivity index (χ1n) is 35.3. The summed E-state index contributed by atoms with van der Waals surface area (Å²) in [6.07, 6.45) is 41.8. The van der Waals surface area contributed by atoms with Crippen LogP contribution in [-0.2, 0) is 65.4 Å². The predicted molar refractivity (Wildman–Crippen MR) is 349 cm³/mol. The van der Waals surface area contributed by atoms with Gasteiger partial charge in [-0.05, 0) is 43.4 Å². The third kappa shape index (κ3) is 62.6. The molecule has 0 radical (unpaired) electrons. The van der Waals surface area contributed by atoms with Crippen molar-refractivity contribution in [1.29, 1.82) is 0 Å². The summed E-state index contributed by atoms with van der Waals surface area (Å²) in [4.78, 5) is 72.4. The minimum Gasteiger partial charge on any atom is -0.462 e. The summed E-state index contributed by atoms with van der Waals surface area (Å²) in [5.74, 6) is 0.116. The van der Waals surface area contributed by atoms with Gasteiger partial charge in [-0.1, -0.05) is 286 Å². The molecular weight excluding hydrogens is 1150 g/mol. The monoisotopic (exact) mass is 1280 g/mol. The van der Waals surface area contributed by atoms with E-state index < -0.39 is 97.5 Å². The van der Waals surface area contributed by atoms with Crippen LogP contribution in [0, 0.1) is 17.8 Å². The Balaban J connectivity index is 5.23. The van der Waals surface area contributed by atoms with Gasteiger partial charge in [0.2, 0.25) is 0 Å². The average Bonchev–Trinajstić information content (AvgIpc) is 3.59. The summed E-state index contributed by atoms with van der Waals surface area (Å²) in [5.41, 5.74) is 0. The lowest BCUT2D eigenvalue weighted by Gasteiger charge is -2.21. The van der Waals surface area contributed by atoms with E-state index in [4.69, 9.17) is 37.0 Å². The van der Waals surface area contributed by atoms with Gasteiger partial charge in [0.25, 0.3) is 0 Å². The number of unbranched alkanes of at least 4 members (excludes halogenated alkanes) is 34. The molecular formula is C68H132O17P2. The van der Waals surface area contributed by atoms with Crippen LogP contribution in [0.2, 0.25) is 0 Å². The van der Waals surface area contributed by atoms with Crippen molar-refractivity contribution in [3.63, 3.8) is 0 Å².